The van der Waals surface area contributed by atoms with E-state index in [9.17, 15) is 5.11 Å². The van der Waals surface area contributed by atoms with Crippen molar-refractivity contribution in [3.8, 4) is 0 Å². The maximum atomic E-state index is 10.1. The molecule has 0 aliphatic heterocycles. The molecule has 6 heteroatoms. The lowest BCUT2D eigenvalue weighted by atomic mass is 10.1. The first-order valence-electron chi connectivity index (χ1n) is 6.03. The SMILES string of the molecule is CC(C)n1cnnc1SC[C@H](O)c1ccc(Br)cc1. The number of aromatic nitrogens is 3. The minimum atomic E-state index is -0.504. The molecule has 0 radical (unpaired) electrons. The van der Waals surface area contributed by atoms with Crippen molar-refractivity contribution in [1.82, 2.24) is 14.8 Å². The normalized spacial score (nSPS) is 12.9. The maximum Gasteiger partial charge on any atom is 0.191 e. The van der Waals surface area contributed by atoms with Crippen molar-refractivity contribution in [3.05, 3.63) is 40.6 Å². The number of thioether (sulfide) groups is 1. The Hall–Kier alpha value is -0.850. The van der Waals surface area contributed by atoms with E-state index in [1.807, 2.05) is 28.8 Å². The molecule has 0 unspecified atom stereocenters. The Labute approximate surface area is 125 Å². The van der Waals surface area contributed by atoms with Gasteiger partial charge in [-0.15, -0.1) is 10.2 Å². The molecule has 0 bridgehead atoms. The summed E-state index contributed by atoms with van der Waals surface area (Å²) in [5.74, 6) is 0.563. The van der Waals surface area contributed by atoms with Gasteiger partial charge < -0.3 is 9.67 Å². The monoisotopic (exact) mass is 341 g/mol. The minimum Gasteiger partial charge on any atom is -0.388 e. The molecule has 19 heavy (non-hydrogen) atoms. The van der Waals surface area contributed by atoms with Crippen LogP contribution < -0.4 is 0 Å². The van der Waals surface area contributed by atoms with E-state index >= 15 is 0 Å². The van der Waals surface area contributed by atoms with Crippen molar-refractivity contribution < 1.29 is 5.11 Å². The van der Waals surface area contributed by atoms with Crippen molar-refractivity contribution in [2.45, 2.75) is 31.1 Å². The third-order valence-electron chi connectivity index (χ3n) is 2.72. The van der Waals surface area contributed by atoms with E-state index in [1.54, 1.807) is 6.33 Å². The van der Waals surface area contributed by atoms with E-state index < -0.39 is 6.10 Å². The van der Waals surface area contributed by atoms with Gasteiger partial charge >= 0.3 is 0 Å². The quantitative estimate of drug-likeness (QED) is 0.846. The number of aliphatic hydroxyl groups excluding tert-OH is 1. The fourth-order valence-electron chi connectivity index (χ4n) is 1.62. The number of aliphatic hydroxyl groups is 1. The van der Waals surface area contributed by atoms with Gasteiger partial charge in [0.15, 0.2) is 5.16 Å². The van der Waals surface area contributed by atoms with Gasteiger partial charge in [0.2, 0.25) is 0 Å². The zero-order valence-corrected chi connectivity index (χ0v) is 13.2. The molecule has 2 aromatic rings. The number of hydrogen-bond donors (Lipinski definition) is 1. The van der Waals surface area contributed by atoms with E-state index in [2.05, 4.69) is 40.0 Å². The lowest BCUT2D eigenvalue weighted by Crippen LogP contribution is -2.04. The van der Waals surface area contributed by atoms with E-state index in [0.29, 0.717) is 11.8 Å². The second-order valence-corrected chi connectivity index (χ2v) is 6.40. The predicted molar refractivity (Wildman–Crippen MR) is 80.2 cm³/mol. The van der Waals surface area contributed by atoms with Crippen LogP contribution in [0.4, 0.5) is 0 Å². The molecule has 102 valence electrons. The molecule has 1 N–H and O–H groups in total. The predicted octanol–water partition coefficient (Wildman–Crippen LogP) is 3.45. The zero-order chi connectivity index (χ0) is 13.8. The molecule has 2 rings (SSSR count). The largest absolute Gasteiger partial charge is 0.388 e. The van der Waals surface area contributed by atoms with Gasteiger partial charge in [-0.2, -0.15) is 0 Å². The summed E-state index contributed by atoms with van der Waals surface area (Å²) in [5, 5.41) is 19.0. The van der Waals surface area contributed by atoms with Crippen molar-refractivity contribution >= 4 is 27.7 Å². The number of halogens is 1. The van der Waals surface area contributed by atoms with Gasteiger partial charge in [0.1, 0.15) is 6.33 Å². The highest BCUT2D eigenvalue weighted by Gasteiger charge is 2.12. The molecule has 0 saturated carbocycles. The van der Waals surface area contributed by atoms with Gasteiger partial charge in [0.25, 0.3) is 0 Å². The Kier molecular flexibility index (Phi) is 5.01. The second-order valence-electron chi connectivity index (χ2n) is 4.49. The molecule has 0 saturated heterocycles. The van der Waals surface area contributed by atoms with Crippen LogP contribution in [0.15, 0.2) is 40.2 Å². The summed E-state index contributed by atoms with van der Waals surface area (Å²) in [6.07, 6.45) is 1.22. The zero-order valence-electron chi connectivity index (χ0n) is 10.8. The average Bonchev–Trinajstić information content (AvgIpc) is 2.85. The summed E-state index contributed by atoms with van der Waals surface area (Å²) in [6, 6.07) is 8.02. The Morgan fingerprint density at radius 1 is 1.32 bits per heavy atom. The number of rotatable bonds is 5. The Balaban J connectivity index is 1.98. The first-order valence-corrected chi connectivity index (χ1v) is 7.81. The lowest BCUT2D eigenvalue weighted by Gasteiger charge is -2.12. The van der Waals surface area contributed by atoms with E-state index in [4.69, 9.17) is 0 Å². The van der Waals surface area contributed by atoms with Crippen LogP contribution in [0.5, 0.6) is 0 Å². The summed E-state index contributed by atoms with van der Waals surface area (Å²) in [7, 11) is 0. The van der Waals surface area contributed by atoms with Crippen LogP contribution in [0.25, 0.3) is 0 Å². The van der Waals surface area contributed by atoms with Gasteiger partial charge in [-0.25, -0.2) is 0 Å². The van der Waals surface area contributed by atoms with Crippen molar-refractivity contribution in [3.63, 3.8) is 0 Å². The summed E-state index contributed by atoms with van der Waals surface area (Å²) in [5.41, 5.74) is 0.909. The molecule has 1 heterocycles. The first kappa shape index (κ1) is 14.6. The van der Waals surface area contributed by atoms with Gasteiger partial charge in [-0.3, -0.25) is 0 Å². The van der Waals surface area contributed by atoms with Crippen LogP contribution in [-0.4, -0.2) is 25.6 Å². The van der Waals surface area contributed by atoms with E-state index in [1.165, 1.54) is 11.8 Å². The van der Waals surface area contributed by atoms with E-state index in [-0.39, 0.29) is 0 Å². The molecule has 1 aromatic carbocycles. The smallest absolute Gasteiger partial charge is 0.191 e. The van der Waals surface area contributed by atoms with Crippen LogP contribution in [0, 0.1) is 0 Å². The van der Waals surface area contributed by atoms with Crippen LogP contribution >= 0.6 is 27.7 Å². The molecule has 1 aromatic heterocycles. The lowest BCUT2D eigenvalue weighted by molar-refractivity contribution is 0.204. The average molecular weight is 342 g/mol. The highest BCUT2D eigenvalue weighted by Crippen LogP contribution is 2.25. The molecule has 0 spiro atoms. The Morgan fingerprint density at radius 3 is 2.63 bits per heavy atom. The maximum absolute atomic E-state index is 10.1. The summed E-state index contributed by atoms with van der Waals surface area (Å²) >= 11 is 4.90. The van der Waals surface area contributed by atoms with Crippen molar-refractivity contribution in [1.29, 1.82) is 0 Å². The topological polar surface area (TPSA) is 50.9 Å². The summed E-state index contributed by atoms with van der Waals surface area (Å²) in [4.78, 5) is 0. The fraction of sp³-hybridized carbons (Fsp3) is 0.385. The molecular formula is C13H16BrN3OS. The molecule has 0 amide bonds. The second kappa shape index (κ2) is 6.54. The fourth-order valence-corrected chi connectivity index (χ4v) is 2.90. The summed E-state index contributed by atoms with van der Waals surface area (Å²) < 4.78 is 3.01. The van der Waals surface area contributed by atoms with Gasteiger partial charge in [-0.05, 0) is 31.5 Å². The van der Waals surface area contributed by atoms with Crippen molar-refractivity contribution in [2.75, 3.05) is 5.75 Å². The van der Waals surface area contributed by atoms with Gasteiger partial charge in [0, 0.05) is 16.3 Å². The van der Waals surface area contributed by atoms with Crippen LogP contribution in [-0.2, 0) is 0 Å². The van der Waals surface area contributed by atoms with Crippen LogP contribution in [0.3, 0.4) is 0 Å². The highest BCUT2D eigenvalue weighted by molar-refractivity contribution is 9.10. The molecule has 0 aliphatic carbocycles. The number of hydrogen-bond acceptors (Lipinski definition) is 4. The van der Waals surface area contributed by atoms with Crippen LogP contribution in [0.1, 0.15) is 31.6 Å². The molecule has 1 atom stereocenters. The number of nitrogens with zero attached hydrogens (tertiary/aromatic N) is 3. The van der Waals surface area contributed by atoms with Crippen LogP contribution in [0.2, 0.25) is 0 Å². The molecule has 0 aliphatic rings. The van der Waals surface area contributed by atoms with Gasteiger partial charge in [0.05, 0.1) is 6.10 Å². The summed E-state index contributed by atoms with van der Waals surface area (Å²) in [6.45, 7) is 4.16. The Bertz CT molecular complexity index is 527. The Morgan fingerprint density at radius 2 is 2.00 bits per heavy atom. The first-order chi connectivity index (χ1) is 9.08. The standard InChI is InChI=1S/C13H16BrN3OS/c1-9(2)17-8-15-16-13(17)19-7-12(18)10-3-5-11(14)6-4-10/h3-6,8-9,12,18H,7H2,1-2H3/t12-/m0/s1. The minimum absolute atomic E-state index is 0.322. The third-order valence-corrected chi connectivity index (χ3v) is 4.28. The molecular weight excluding hydrogens is 326 g/mol. The third kappa shape index (κ3) is 3.81. The van der Waals surface area contributed by atoms with Gasteiger partial charge in [-0.1, -0.05) is 39.8 Å². The molecule has 4 nitrogen and oxygen atoms in total. The van der Waals surface area contributed by atoms with E-state index in [0.717, 1.165) is 15.2 Å². The van der Waals surface area contributed by atoms with Crippen molar-refractivity contribution in [2.24, 2.45) is 0 Å². The number of benzene rings is 1. The highest BCUT2D eigenvalue weighted by atomic mass is 79.9. The molecule has 0 fully saturated rings.